The van der Waals surface area contributed by atoms with Gasteiger partial charge in [0.25, 0.3) is 0 Å². The number of amides is 2. The van der Waals surface area contributed by atoms with Crippen molar-refractivity contribution in [3.63, 3.8) is 0 Å². The molecule has 0 aromatic rings. The summed E-state index contributed by atoms with van der Waals surface area (Å²) >= 11 is 1.84. The molecule has 0 aromatic carbocycles. The molecular weight excluding hydrogens is 276 g/mol. The summed E-state index contributed by atoms with van der Waals surface area (Å²) in [6, 6.07) is -0.0865. The topological polar surface area (TPSA) is 69.6 Å². The van der Waals surface area contributed by atoms with Gasteiger partial charge in [-0.1, -0.05) is 19.3 Å². The minimum atomic E-state index is -0.940. The van der Waals surface area contributed by atoms with Crippen LogP contribution in [-0.2, 0) is 4.79 Å². The SMILES string of the molecule is CSC1(CNC(=O)N(CC(=O)O)C2CC2)CCCCC1. The van der Waals surface area contributed by atoms with Crippen molar-refractivity contribution in [3.8, 4) is 0 Å². The number of carbonyl (C=O) groups excluding carboxylic acids is 1. The highest BCUT2D eigenvalue weighted by molar-refractivity contribution is 8.00. The molecule has 0 aliphatic heterocycles. The summed E-state index contributed by atoms with van der Waals surface area (Å²) in [4.78, 5) is 24.5. The number of aliphatic carboxylic acids is 1. The molecule has 0 aromatic heterocycles. The van der Waals surface area contributed by atoms with Crippen LogP contribution in [0.2, 0.25) is 0 Å². The monoisotopic (exact) mass is 300 g/mol. The number of nitrogens with zero attached hydrogens (tertiary/aromatic N) is 1. The van der Waals surface area contributed by atoms with Crippen molar-refractivity contribution < 1.29 is 14.7 Å². The van der Waals surface area contributed by atoms with Crippen LogP contribution in [0.1, 0.15) is 44.9 Å². The Kier molecular flexibility index (Phi) is 5.18. The molecular formula is C14H24N2O3S. The van der Waals surface area contributed by atoms with Crippen LogP contribution in [0, 0.1) is 0 Å². The molecule has 2 aliphatic rings. The van der Waals surface area contributed by atoms with E-state index < -0.39 is 5.97 Å². The number of carboxylic acids is 1. The van der Waals surface area contributed by atoms with Gasteiger partial charge in [0.15, 0.2) is 0 Å². The van der Waals surface area contributed by atoms with Crippen LogP contribution in [-0.4, -0.2) is 52.1 Å². The summed E-state index contributed by atoms with van der Waals surface area (Å²) in [5, 5.41) is 11.9. The molecule has 0 bridgehead atoms. The Bertz CT molecular complexity index is 365. The van der Waals surface area contributed by atoms with Gasteiger partial charge in [-0.05, 0) is 31.9 Å². The lowest BCUT2D eigenvalue weighted by atomic mass is 9.88. The molecule has 0 saturated heterocycles. The number of hydrogen-bond acceptors (Lipinski definition) is 3. The van der Waals surface area contributed by atoms with E-state index in [1.165, 1.54) is 24.2 Å². The molecule has 0 atom stereocenters. The van der Waals surface area contributed by atoms with E-state index in [1.54, 1.807) is 0 Å². The minimum Gasteiger partial charge on any atom is -0.480 e. The van der Waals surface area contributed by atoms with E-state index in [-0.39, 0.29) is 23.4 Å². The lowest BCUT2D eigenvalue weighted by molar-refractivity contribution is -0.137. The van der Waals surface area contributed by atoms with Crippen LogP contribution >= 0.6 is 11.8 Å². The van der Waals surface area contributed by atoms with Gasteiger partial charge in [0.05, 0.1) is 0 Å². The van der Waals surface area contributed by atoms with E-state index in [4.69, 9.17) is 5.11 Å². The first-order valence-corrected chi connectivity index (χ1v) is 8.60. The Morgan fingerprint density at radius 1 is 1.30 bits per heavy atom. The largest absolute Gasteiger partial charge is 0.480 e. The predicted molar refractivity (Wildman–Crippen MR) is 80.1 cm³/mol. The normalized spacial score (nSPS) is 21.2. The number of nitrogens with one attached hydrogen (secondary N) is 1. The fourth-order valence-corrected chi connectivity index (χ4v) is 3.80. The molecule has 0 radical (unpaired) electrons. The van der Waals surface area contributed by atoms with Crippen LogP contribution in [0.5, 0.6) is 0 Å². The third-order valence-electron chi connectivity index (χ3n) is 4.31. The first kappa shape index (κ1) is 15.5. The fraction of sp³-hybridized carbons (Fsp3) is 0.857. The molecule has 20 heavy (non-hydrogen) atoms. The first-order valence-electron chi connectivity index (χ1n) is 7.38. The van der Waals surface area contributed by atoms with Crippen molar-refractivity contribution in [1.29, 1.82) is 0 Å². The smallest absolute Gasteiger partial charge is 0.323 e. The number of carbonyl (C=O) groups is 2. The number of carboxylic acid groups (broad SMARTS) is 1. The molecule has 6 heteroatoms. The molecule has 2 fully saturated rings. The zero-order chi connectivity index (χ0) is 14.6. The van der Waals surface area contributed by atoms with E-state index in [1.807, 2.05) is 11.8 Å². The Labute approximate surface area is 124 Å². The molecule has 2 amide bonds. The van der Waals surface area contributed by atoms with Crippen molar-refractivity contribution >= 4 is 23.8 Å². The Morgan fingerprint density at radius 2 is 1.95 bits per heavy atom. The van der Waals surface area contributed by atoms with Crippen LogP contribution in [0.15, 0.2) is 0 Å². The van der Waals surface area contributed by atoms with Crippen molar-refractivity contribution in [2.45, 2.75) is 55.7 Å². The summed E-state index contributed by atoms with van der Waals surface area (Å²) in [7, 11) is 0. The second-order valence-corrected chi connectivity index (χ2v) is 7.13. The van der Waals surface area contributed by atoms with Crippen molar-refractivity contribution in [2.24, 2.45) is 0 Å². The minimum absolute atomic E-state index is 0.127. The molecule has 0 spiro atoms. The van der Waals surface area contributed by atoms with Crippen molar-refractivity contribution in [1.82, 2.24) is 10.2 Å². The summed E-state index contributed by atoms with van der Waals surface area (Å²) in [6.07, 6.45) is 9.95. The molecule has 0 unspecified atom stereocenters. The van der Waals surface area contributed by atoms with Crippen molar-refractivity contribution in [3.05, 3.63) is 0 Å². The average Bonchev–Trinajstić information content (AvgIpc) is 3.27. The predicted octanol–water partition coefficient (Wildman–Crippen LogP) is 2.31. The maximum absolute atomic E-state index is 12.2. The van der Waals surface area contributed by atoms with E-state index in [9.17, 15) is 9.59 Å². The number of thioether (sulfide) groups is 1. The van der Waals surface area contributed by atoms with Gasteiger partial charge < -0.3 is 15.3 Å². The average molecular weight is 300 g/mol. The molecule has 0 heterocycles. The van der Waals surface area contributed by atoms with Crippen LogP contribution < -0.4 is 5.32 Å². The summed E-state index contributed by atoms with van der Waals surface area (Å²) in [5.74, 6) is -0.940. The number of rotatable bonds is 6. The van der Waals surface area contributed by atoms with Gasteiger partial charge in [0.1, 0.15) is 6.54 Å². The lowest BCUT2D eigenvalue weighted by Gasteiger charge is -2.36. The second kappa shape index (κ2) is 6.70. The van der Waals surface area contributed by atoms with Crippen LogP contribution in [0.4, 0.5) is 4.79 Å². The summed E-state index contributed by atoms with van der Waals surface area (Å²) < 4.78 is 0.145. The fourth-order valence-electron chi connectivity index (χ4n) is 2.89. The number of urea groups is 1. The molecule has 2 aliphatic carbocycles. The highest BCUT2D eigenvalue weighted by Gasteiger charge is 2.36. The summed E-state index contributed by atoms with van der Waals surface area (Å²) in [6.45, 7) is 0.457. The highest BCUT2D eigenvalue weighted by atomic mass is 32.2. The van der Waals surface area contributed by atoms with E-state index in [0.29, 0.717) is 6.54 Å². The van der Waals surface area contributed by atoms with E-state index in [2.05, 4.69) is 11.6 Å². The second-order valence-electron chi connectivity index (χ2n) is 5.86. The zero-order valence-corrected chi connectivity index (χ0v) is 12.9. The van der Waals surface area contributed by atoms with Gasteiger partial charge in [0.2, 0.25) is 0 Å². The van der Waals surface area contributed by atoms with E-state index in [0.717, 1.165) is 25.7 Å². The maximum Gasteiger partial charge on any atom is 0.323 e. The molecule has 2 N–H and O–H groups in total. The van der Waals surface area contributed by atoms with Crippen LogP contribution in [0.3, 0.4) is 0 Å². The van der Waals surface area contributed by atoms with Gasteiger partial charge in [0, 0.05) is 17.3 Å². The van der Waals surface area contributed by atoms with Gasteiger partial charge in [-0.2, -0.15) is 11.8 Å². The molecule has 2 rings (SSSR count). The Hall–Kier alpha value is -0.910. The quantitative estimate of drug-likeness (QED) is 0.790. The van der Waals surface area contributed by atoms with Crippen molar-refractivity contribution in [2.75, 3.05) is 19.3 Å². The lowest BCUT2D eigenvalue weighted by Crippen LogP contribution is -2.49. The van der Waals surface area contributed by atoms with Crippen LogP contribution in [0.25, 0.3) is 0 Å². The van der Waals surface area contributed by atoms with Gasteiger partial charge in [-0.3, -0.25) is 4.79 Å². The third kappa shape index (κ3) is 4.04. The number of hydrogen-bond donors (Lipinski definition) is 2. The molecule has 5 nitrogen and oxygen atoms in total. The first-order chi connectivity index (χ1) is 9.56. The standard InChI is InChI=1S/C14H24N2O3S/c1-20-14(7-3-2-4-8-14)10-15-13(19)16(9-12(17)18)11-5-6-11/h11H,2-10H2,1H3,(H,15,19)(H,17,18). The van der Waals surface area contributed by atoms with E-state index >= 15 is 0 Å². The molecule has 114 valence electrons. The highest BCUT2D eigenvalue weighted by Crippen LogP contribution is 2.38. The maximum atomic E-state index is 12.2. The zero-order valence-electron chi connectivity index (χ0n) is 12.1. The van der Waals surface area contributed by atoms with Gasteiger partial charge in [-0.25, -0.2) is 4.79 Å². The third-order valence-corrected chi connectivity index (χ3v) is 5.73. The summed E-state index contributed by atoms with van der Waals surface area (Å²) in [5.41, 5.74) is 0. The molecule has 2 saturated carbocycles. The van der Waals surface area contributed by atoms with Gasteiger partial charge >= 0.3 is 12.0 Å². The Balaban J connectivity index is 1.87. The van der Waals surface area contributed by atoms with Gasteiger partial charge in [-0.15, -0.1) is 0 Å². The Morgan fingerprint density at radius 3 is 2.45 bits per heavy atom.